The number of carbonyl (C=O) groups is 1. The van der Waals surface area contributed by atoms with Crippen molar-refractivity contribution in [3.8, 4) is 22.8 Å². The molecule has 1 aliphatic heterocycles. The van der Waals surface area contributed by atoms with Crippen LogP contribution in [0.25, 0.3) is 11.3 Å². The van der Waals surface area contributed by atoms with Crippen molar-refractivity contribution in [1.82, 2.24) is 5.32 Å². The molecular formula is C17H14N2O4S. The second-order valence-electron chi connectivity index (χ2n) is 5.15. The zero-order chi connectivity index (χ0) is 16.4. The summed E-state index contributed by atoms with van der Waals surface area (Å²) in [6.45, 7) is 0.656. The van der Waals surface area contributed by atoms with E-state index < -0.39 is 0 Å². The number of amides is 2. The molecule has 0 atom stereocenters. The minimum absolute atomic E-state index is 0.210. The molecule has 0 fully saturated rings. The number of furan rings is 1. The molecule has 7 heteroatoms. The van der Waals surface area contributed by atoms with Gasteiger partial charge in [0.25, 0.3) is 0 Å². The van der Waals surface area contributed by atoms with Crippen molar-refractivity contribution in [2.75, 3.05) is 12.1 Å². The maximum absolute atomic E-state index is 12.0. The minimum atomic E-state index is -0.276. The Morgan fingerprint density at radius 3 is 2.96 bits per heavy atom. The van der Waals surface area contributed by atoms with Gasteiger partial charge in [-0.2, -0.15) is 0 Å². The van der Waals surface area contributed by atoms with Crippen molar-refractivity contribution in [3.05, 3.63) is 52.9 Å². The number of hydrogen-bond acceptors (Lipinski definition) is 5. The van der Waals surface area contributed by atoms with Crippen LogP contribution in [-0.4, -0.2) is 12.8 Å². The van der Waals surface area contributed by atoms with Gasteiger partial charge in [-0.15, -0.1) is 11.3 Å². The Morgan fingerprint density at radius 2 is 2.08 bits per heavy atom. The van der Waals surface area contributed by atoms with Gasteiger partial charge < -0.3 is 24.5 Å². The molecule has 2 N–H and O–H groups in total. The van der Waals surface area contributed by atoms with Gasteiger partial charge in [0.1, 0.15) is 5.76 Å². The van der Waals surface area contributed by atoms with E-state index in [-0.39, 0.29) is 12.8 Å². The lowest BCUT2D eigenvalue weighted by Gasteiger charge is -2.07. The van der Waals surface area contributed by atoms with Crippen LogP contribution in [0.3, 0.4) is 0 Å². The molecule has 122 valence electrons. The molecule has 3 aromatic rings. The first kappa shape index (κ1) is 14.6. The number of nitrogens with one attached hydrogen (secondary N) is 2. The number of urea groups is 1. The van der Waals surface area contributed by atoms with Crippen LogP contribution in [0.4, 0.5) is 10.5 Å². The van der Waals surface area contributed by atoms with Gasteiger partial charge in [-0.25, -0.2) is 4.79 Å². The Morgan fingerprint density at radius 1 is 1.17 bits per heavy atom. The third-order valence-corrected chi connectivity index (χ3v) is 4.45. The first-order valence-electron chi connectivity index (χ1n) is 7.34. The highest BCUT2D eigenvalue weighted by atomic mass is 32.1. The standard InChI is InChI=1S/C17H14N2O4S/c20-17(19-12-3-4-15-16(7-12)23-10-22-15)18-8-13-6-11(9-24-13)14-2-1-5-21-14/h1-7,9H,8,10H2,(H2,18,19,20). The SMILES string of the molecule is O=C(NCc1cc(-c2ccco2)cs1)Nc1ccc2c(c1)OCO2. The van der Waals surface area contributed by atoms with E-state index in [4.69, 9.17) is 13.9 Å². The molecular weight excluding hydrogens is 328 g/mol. The lowest BCUT2D eigenvalue weighted by atomic mass is 10.2. The molecule has 24 heavy (non-hydrogen) atoms. The van der Waals surface area contributed by atoms with Crippen molar-refractivity contribution >= 4 is 23.1 Å². The average Bonchev–Trinajstić information content (AvgIpc) is 3.32. The molecule has 0 unspecified atom stereocenters. The van der Waals surface area contributed by atoms with Crippen molar-refractivity contribution in [1.29, 1.82) is 0 Å². The maximum Gasteiger partial charge on any atom is 0.319 e. The Hall–Kier alpha value is -2.93. The highest BCUT2D eigenvalue weighted by Crippen LogP contribution is 2.34. The molecule has 1 aliphatic rings. The summed E-state index contributed by atoms with van der Waals surface area (Å²) in [4.78, 5) is 13.1. The molecule has 2 amide bonds. The van der Waals surface area contributed by atoms with E-state index in [1.54, 1.807) is 35.8 Å². The highest BCUT2D eigenvalue weighted by molar-refractivity contribution is 7.10. The van der Waals surface area contributed by atoms with Crippen LogP contribution in [0.2, 0.25) is 0 Å². The zero-order valence-corrected chi connectivity index (χ0v) is 13.4. The summed E-state index contributed by atoms with van der Waals surface area (Å²) in [5.41, 5.74) is 1.66. The van der Waals surface area contributed by atoms with Crippen molar-refractivity contribution in [2.45, 2.75) is 6.54 Å². The summed E-state index contributed by atoms with van der Waals surface area (Å²) in [7, 11) is 0. The fourth-order valence-electron chi connectivity index (χ4n) is 2.36. The van der Waals surface area contributed by atoms with Gasteiger partial charge in [-0.3, -0.25) is 0 Å². The van der Waals surface area contributed by atoms with E-state index in [0.29, 0.717) is 23.7 Å². The van der Waals surface area contributed by atoms with Crippen LogP contribution in [0.1, 0.15) is 4.88 Å². The molecule has 6 nitrogen and oxygen atoms in total. The summed E-state index contributed by atoms with van der Waals surface area (Å²) in [5, 5.41) is 7.61. The molecule has 0 saturated heterocycles. The molecule has 2 aromatic heterocycles. The number of hydrogen-bond donors (Lipinski definition) is 2. The molecule has 1 aromatic carbocycles. The Labute approximate surface area is 142 Å². The molecule has 0 saturated carbocycles. The fourth-order valence-corrected chi connectivity index (χ4v) is 3.18. The quantitative estimate of drug-likeness (QED) is 0.750. The lowest BCUT2D eigenvalue weighted by Crippen LogP contribution is -2.27. The van der Waals surface area contributed by atoms with Gasteiger partial charge in [0.15, 0.2) is 11.5 Å². The molecule has 0 bridgehead atoms. The van der Waals surface area contributed by atoms with Crippen LogP contribution in [0.15, 0.2) is 52.5 Å². The first-order chi connectivity index (χ1) is 11.8. The van der Waals surface area contributed by atoms with Crippen LogP contribution < -0.4 is 20.1 Å². The molecule has 4 rings (SSSR count). The number of benzene rings is 1. The number of anilines is 1. The Bertz CT molecular complexity index is 857. The van der Waals surface area contributed by atoms with Gasteiger partial charge in [-0.1, -0.05) is 0 Å². The maximum atomic E-state index is 12.0. The lowest BCUT2D eigenvalue weighted by molar-refractivity contribution is 0.174. The van der Waals surface area contributed by atoms with Crippen molar-refractivity contribution in [2.24, 2.45) is 0 Å². The Kier molecular flexibility index (Phi) is 3.84. The summed E-state index contributed by atoms with van der Waals surface area (Å²) in [6.07, 6.45) is 1.64. The van der Waals surface area contributed by atoms with Crippen molar-refractivity contribution in [3.63, 3.8) is 0 Å². The summed E-state index contributed by atoms with van der Waals surface area (Å²) in [5.74, 6) is 2.14. The minimum Gasteiger partial charge on any atom is -0.464 e. The predicted molar refractivity (Wildman–Crippen MR) is 90.4 cm³/mol. The van der Waals surface area contributed by atoms with E-state index in [9.17, 15) is 4.79 Å². The second kappa shape index (κ2) is 6.29. The smallest absolute Gasteiger partial charge is 0.319 e. The van der Waals surface area contributed by atoms with Crippen LogP contribution in [-0.2, 0) is 6.54 Å². The van der Waals surface area contributed by atoms with E-state index in [0.717, 1.165) is 16.2 Å². The van der Waals surface area contributed by atoms with Gasteiger partial charge in [-0.05, 0) is 30.3 Å². The predicted octanol–water partition coefficient (Wildman–Crippen LogP) is 4.06. The highest BCUT2D eigenvalue weighted by Gasteiger charge is 2.14. The third kappa shape index (κ3) is 3.07. The van der Waals surface area contributed by atoms with E-state index in [1.165, 1.54) is 0 Å². The first-order valence-corrected chi connectivity index (χ1v) is 8.22. The number of ether oxygens (including phenoxy) is 2. The summed E-state index contributed by atoms with van der Waals surface area (Å²) in [6, 6.07) is 10.8. The van der Waals surface area contributed by atoms with Gasteiger partial charge in [0.05, 0.1) is 12.8 Å². The molecule has 0 radical (unpaired) electrons. The van der Waals surface area contributed by atoms with Gasteiger partial charge >= 0.3 is 6.03 Å². The average molecular weight is 342 g/mol. The number of fused-ring (bicyclic) bond motifs is 1. The Balaban J connectivity index is 1.33. The van der Waals surface area contributed by atoms with Crippen LogP contribution in [0.5, 0.6) is 11.5 Å². The largest absolute Gasteiger partial charge is 0.464 e. The van der Waals surface area contributed by atoms with E-state index in [2.05, 4.69) is 10.6 Å². The number of rotatable bonds is 4. The number of thiophene rings is 1. The monoisotopic (exact) mass is 342 g/mol. The van der Waals surface area contributed by atoms with Crippen LogP contribution >= 0.6 is 11.3 Å². The summed E-state index contributed by atoms with van der Waals surface area (Å²) >= 11 is 1.57. The number of carbonyl (C=O) groups excluding carboxylic acids is 1. The molecule has 0 spiro atoms. The van der Waals surface area contributed by atoms with Crippen molar-refractivity contribution < 1.29 is 18.7 Å². The van der Waals surface area contributed by atoms with E-state index in [1.807, 2.05) is 23.6 Å². The van der Waals surface area contributed by atoms with Gasteiger partial charge in [0.2, 0.25) is 6.79 Å². The normalized spacial score (nSPS) is 12.2. The van der Waals surface area contributed by atoms with Gasteiger partial charge in [0, 0.05) is 27.6 Å². The summed E-state index contributed by atoms with van der Waals surface area (Å²) < 4.78 is 15.9. The zero-order valence-electron chi connectivity index (χ0n) is 12.6. The van der Waals surface area contributed by atoms with Crippen LogP contribution in [0, 0.1) is 0 Å². The molecule has 3 heterocycles. The second-order valence-corrected chi connectivity index (χ2v) is 6.15. The fraction of sp³-hybridized carbons (Fsp3) is 0.118. The third-order valence-electron chi connectivity index (χ3n) is 3.51. The van der Waals surface area contributed by atoms with E-state index >= 15 is 0 Å². The molecule has 0 aliphatic carbocycles. The topological polar surface area (TPSA) is 72.7 Å².